The molecule has 0 saturated carbocycles. The molecule has 0 unspecified atom stereocenters. The molecule has 7 heteroatoms. The van der Waals surface area contributed by atoms with E-state index in [1.54, 1.807) is 0 Å². The van der Waals surface area contributed by atoms with Crippen LogP contribution < -0.4 is 0 Å². The molecule has 1 heterocycles. The normalized spacial score (nSPS) is 15.8. The third kappa shape index (κ3) is 3.73. The number of nitrogens with zero attached hydrogens (tertiary/aromatic N) is 1. The van der Waals surface area contributed by atoms with Crippen molar-refractivity contribution in [2.75, 3.05) is 13.2 Å². The van der Waals surface area contributed by atoms with Crippen LogP contribution in [0.5, 0.6) is 0 Å². The van der Waals surface area contributed by atoms with E-state index in [1.807, 2.05) is 0 Å². The quantitative estimate of drug-likeness (QED) is 0.656. The molecule has 2 amide bonds. The summed E-state index contributed by atoms with van der Waals surface area (Å²) in [7, 11) is 0. The van der Waals surface area contributed by atoms with Crippen molar-refractivity contribution in [3.63, 3.8) is 0 Å². The molecule has 1 aliphatic rings. The Bertz CT molecular complexity index is 610. The lowest BCUT2D eigenvalue weighted by atomic mass is 10.1. The number of morpholine rings is 1. The molecule has 0 aliphatic carbocycles. The highest BCUT2D eigenvalue weighted by Gasteiger charge is 2.26. The van der Waals surface area contributed by atoms with Crippen molar-refractivity contribution in [2.45, 2.75) is 6.54 Å². The van der Waals surface area contributed by atoms with Gasteiger partial charge in [-0.3, -0.25) is 14.5 Å². The van der Waals surface area contributed by atoms with Gasteiger partial charge in [-0.05, 0) is 23.8 Å². The predicted octanol–water partition coefficient (Wildman–Crippen LogP) is 0.809. The summed E-state index contributed by atoms with van der Waals surface area (Å²) in [5, 5.41) is 8.54. The van der Waals surface area contributed by atoms with Crippen molar-refractivity contribution < 1.29 is 28.6 Å². The van der Waals surface area contributed by atoms with E-state index in [1.165, 1.54) is 12.1 Å². The highest BCUT2D eigenvalue weighted by atomic mass is 19.1. The van der Waals surface area contributed by atoms with Crippen molar-refractivity contribution >= 4 is 23.9 Å². The number of ether oxygens (including phenoxy) is 1. The number of benzene rings is 1. The third-order valence-corrected chi connectivity index (χ3v) is 2.86. The van der Waals surface area contributed by atoms with Crippen LogP contribution in [0, 0.1) is 5.82 Å². The molecule has 1 aromatic carbocycles. The van der Waals surface area contributed by atoms with Gasteiger partial charge in [0.25, 0.3) is 11.8 Å². The second-order valence-corrected chi connectivity index (χ2v) is 4.39. The molecule has 0 spiro atoms. The number of carboxylic acids is 1. The fourth-order valence-electron chi connectivity index (χ4n) is 1.86. The zero-order chi connectivity index (χ0) is 15.4. The Hall–Kier alpha value is -2.54. The van der Waals surface area contributed by atoms with Crippen LogP contribution in [0.2, 0.25) is 0 Å². The van der Waals surface area contributed by atoms with Crippen molar-refractivity contribution in [1.82, 2.24) is 4.90 Å². The first-order chi connectivity index (χ1) is 9.97. The van der Waals surface area contributed by atoms with E-state index in [0.717, 1.165) is 23.1 Å². The molecule has 0 bridgehead atoms. The minimum Gasteiger partial charge on any atom is -0.478 e. The number of halogens is 1. The Morgan fingerprint density at radius 3 is 2.62 bits per heavy atom. The predicted molar refractivity (Wildman–Crippen MR) is 69.4 cm³/mol. The number of hydrogen-bond donors (Lipinski definition) is 1. The van der Waals surface area contributed by atoms with Crippen molar-refractivity contribution in [2.24, 2.45) is 0 Å². The number of carbonyl (C=O) groups excluding carboxylic acids is 2. The summed E-state index contributed by atoms with van der Waals surface area (Å²) in [6, 6.07) is 3.99. The number of aliphatic carboxylic acids is 1. The van der Waals surface area contributed by atoms with Crippen LogP contribution in [0.25, 0.3) is 6.08 Å². The zero-order valence-corrected chi connectivity index (χ0v) is 10.9. The van der Waals surface area contributed by atoms with E-state index in [4.69, 9.17) is 9.84 Å². The van der Waals surface area contributed by atoms with E-state index < -0.39 is 23.6 Å². The summed E-state index contributed by atoms with van der Waals surface area (Å²) in [4.78, 5) is 34.7. The Labute approximate surface area is 119 Å². The van der Waals surface area contributed by atoms with Gasteiger partial charge in [0.05, 0.1) is 6.54 Å². The molecular formula is C14H12FNO5. The summed E-state index contributed by atoms with van der Waals surface area (Å²) in [6.45, 7) is -0.341. The first-order valence-corrected chi connectivity index (χ1v) is 6.08. The molecular weight excluding hydrogens is 281 g/mol. The highest BCUT2D eigenvalue weighted by molar-refractivity contribution is 5.98. The van der Waals surface area contributed by atoms with Crippen LogP contribution in [0.15, 0.2) is 24.3 Å². The van der Waals surface area contributed by atoms with E-state index in [-0.39, 0.29) is 25.3 Å². The molecule has 21 heavy (non-hydrogen) atoms. The molecule has 110 valence electrons. The van der Waals surface area contributed by atoms with Gasteiger partial charge >= 0.3 is 5.97 Å². The summed E-state index contributed by atoms with van der Waals surface area (Å²) in [6.07, 6.45) is 1.93. The Kier molecular flexibility index (Phi) is 4.44. The number of imide groups is 1. The molecule has 1 N–H and O–H groups in total. The lowest BCUT2D eigenvalue weighted by molar-refractivity contribution is -0.159. The average molecular weight is 293 g/mol. The van der Waals surface area contributed by atoms with Gasteiger partial charge in [0, 0.05) is 11.6 Å². The monoisotopic (exact) mass is 293 g/mol. The average Bonchev–Trinajstić information content (AvgIpc) is 2.43. The van der Waals surface area contributed by atoms with Crippen LogP contribution in [0.3, 0.4) is 0 Å². The standard InChI is InChI=1S/C14H12FNO5/c15-11-3-1-9(5-10(11)2-4-14(19)20)6-16-12(17)7-21-8-13(16)18/h1-5H,6-8H2,(H,19,20). The Balaban J connectivity index is 2.20. The van der Waals surface area contributed by atoms with Gasteiger partial charge in [-0.2, -0.15) is 0 Å². The lowest BCUT2D eigenvalue weighted by Gasteiger charge is -2.25. The van der Waals surface area contributed by atoms with Gasteiger partial charge in [0.2, 0.25) is 0 Å². The summed E-state index contributed by atoms with van der Waals surface area (Å²) in [5.41, 5.74) is 0.591. The molecule has 2 rings (SSSR count). The molecule has 1 saturated heterocycles. The van der Waals surface area contributed by atoms with Crippen LogP contribution in [0.1, 0.15) is 11.1 Å². The lowest BCUT2D eigenvalue weighted by Crippen LogP contribution is -2.45. The fourth-order valence-corrected chi connectivity index (χ4v) is 1.86. The SMILES string of the molecule is O=C(O)C=Cc1cc(CN2C(=O)COCC2=O)ccc1F. The zero-order valence-electron chi connectivity index (χ0n) is 10.9. The van der Waals surface area contributed by atoms with Gasteiger partial charge in [0.1, 0.15) is 19.0 Å². The molecule has 1 fully saturated rings. The largest absolute Gasteiger partial charge is 0.478 e. The topological polar surface area (TPSA) is 83.9 Å². The first kappa shape index (κ1) is 14.9. The van der Waals surface area contributed by atoms with Gasteiger partial charge < -0.3 is 9.84 Å². The Morgan fingerprint density at radius 1 is 1.33 bits per heavy atom. The number of hydrogen-bond acceptors (Lipinski definition) is 4. The molecule has 0 radical (unpaired) electrons. The maximum Gasteiger partial charge on any atom is 0.328 e. The van der Waals surface area contributed by atoms with Crippen LogP contribution >= 0.6 is 0 Å². The van der Waals surface area contributed by atoms with Crippen LogP contribution in [-0.2, 0) is 25.7 Å². The second kappa shape index (κ2) is 6.27. The molecule has 1 aliphatic heterocycles. The van der Waals surface area contributed by atoms with E-state index >= 15 is 0 Å². The number of amides is 2. The molecule has 1 aromatic rings. The first-order valence-electron chi connectivity index (χ1n) is 6.08. The highest BCUT2D eigenvalue weighted by Crippen LogP contribution is 2.15. The molecule has 0 atom stereocenters. The fraction of sp³-hybridized carbons (Fsp3) is 0.214. The van der Waals surface area contributed by atoms with Gasteiger partial charge in [0.15, 0.2) is 0 Å². The number of carbonyl (C=O) groups is 3. The van der Waals surface area contributed by atoms with Gasteiger partial charge in [-0.15, -0.1) is 0 Å². The van der Waals surface area contributed by atoms with E-state index in [0.29, 0.717) is 5.56 Å². The second-order valence-electron chi connectivity index (χ2n) is 4.39. The maximum atomic E-state index is 13.5. The van der Waals surface area contributed by atoms with Crippen molar-refractivity contribution in [1.29, 1.82) is 0 Å². The smallest absolute Gasteiger partial charge is 0.328 e. The summed E-state index contributed by atoms with van der Waals surface area (Å²) in [5.74, 6) is -2.70. The Morgan fingerprint density at radius 2 is 2.00 bits per heavy atom. The van der Waals surface area contributed by atoms with Crippen molar-refractivity contribution in [3.05, 3.63) is 41.2 Å². The minimum atomic E-state index is -1.20. The third-order valence-electron chi connectivity index (χ3n) is 2.86. The van der Waals surface area contributed by atoms with E-state index in [9.17, 15) is 18.8 Å². The van der Waals surface area contributed by atoms with Crippen LogP contribution in [-0.4, -0.2) is 41.0 Å². The number of rotatable bonds is 4. The summed E-state index contributed by atoms with van der Waals surface area (Å²) >= 11 is 0. The van der Waals surface area contributed by atoms with E-state index in [2.05, 4.69) is 0 Å². The maximum absolute atomic E-state index is 13.5. The molecule has 6 nitrogen and oxygen atoms in total. The van der Waals surface area contributed by atoms with Gasteiger partial charge in [-0.25, -0.2) is 9.18 Å². The van der Waals surface area contributed by atoms with Crippen molar-refractivity contribution in [3.8, 4) is 0 Å². The molecule has 0 aromatic heterocycles. The van der Waals surface area contributed by atoms with Gasteiger partial charge in [-0.1, -0.05) is 6.07 Å². The summed E-state index contributed by atoms with van der Waals surface area (Å²) < 4.78 is 18.3. The minimum absolute atomic E-state index is 0.00474. The number of carboxylic acid groups (broad SMARTS) is 1. The van der Waals surface area contributed by atoms with Crippen LogP contribution in [0.4, 0.5) is 4.39 Å².